The van der Waals surface area contributed by atoms with Gasteiger partial charge in [0.25, 0.3) is 0 Å². The quantitative estimate of drug-likeness (QED) is 0.902. The van der Waals surface area contributed by atoms with Crippen molar-refractivity contribution < 1.29 is 27.8 Å². The highest BCUT2D eigenvalue weighted by atomic mass is 19.4. The molecular weight excluding hydrogens is 263 g/mol. The van der Waals surface area contributed by atoms with Crippen LogP contribution in [0.25, 0.3) is 0 Å². The van der Waals surface area contributed by atoms with E-state index in [1.165, 1.54) is 6.07 Å². The number of rotatable bonds is 2. The van der Waals surface area contributed by atoms with Gasteiger partial charge < -0.3 is 9.84 Å². The molecule has 4 nitrogen and oxygen atoms in total. The third kappa shape index (κ3) is 2.59. The lowest BCUT2D eigenvalue weighted by Gasteiger charge is -2.14. The largest absolute Gasteiger partial charge is 0.493 e. The second kappa shape index (κ2) is 4.64. The van der Waals surface area contributed by atoms with Gasteiger partial charge in [-0.2, -0.15) is 13.2 Å². The molecular formula is C12H12F3NO3. The van der Waals surface area contributed by atoms with Crippen LogP contribution in [0.5, 0.6) is 5.75 Å². The highest BCUT2D eigenvalue weighted by molar-refractivity contribution is 5.66. The molecule has 0 aromatic heterocycles. The number of amides is 1. The zero-order valence-electron chi connectivity index (χ0n) is 10.1. The maximum absolute atomic E-state index is 12.9. The molecule has 0 atom stereocenters. The molecule has 1 heterocycles. The van der Waals surface area contributed by atoms with Crippen LogP contribution in [0.1, 0.15) is 23.6 Å². The summed E-state index contributed by atoms with van der Waals surface area (Å²) in [4.78, 5) is 11.9. The number of carboxylic acid groups (broad SMARTS) is 1. The molecule has 1 aromatic carbocycles. The predicted octanol–water partition coefficient (Wildman–Crippen LogP) is 3.10. The van der Waals surface area contributed by atoms with Gasteiger partial charge in [-0.25, -0.2) is 4.79 Å². The Balaban J connectivity index is 2.43. The monoisotopic (exact) mass is 275 g/mol. The number of halogens is 3. The van der Waals surface area contributed by atoms with Gasteiger partial charge in [0.05, 0.1) is 12.2 Å². The van der Waals surface area contributed by atoms with E-state index in [1.807, 2.05) is 0 Å². The van der Waals surface area contributed by atoms with E-state index < -0.39 is 17.8 Å². The molecule has 19 heavy (non-hydrogen) atoms. The topological polar surface area (TPSA) is 49.8 Å². The summed E-state index contributed by atoms with van der Waals surface area (Å²) in [7, 11) is 0. The van der Waals surface area contributed by atoms with Crippen LogP contribution in [0.4, 0.5) is 18.0 Å². The number of hydrogen-bond acceptors (Lipinski definition) is 2. The Morgan fingerprint density at radius 1 is 1.37 bits per heavy atom. The molecule has 0 saturated heterocycles. The summed E-state index contributed by atoms with van der Waals surface area (Å²) in [6, 6.07) is 2.26. The standard InChI is InChI=1S/C12H12F3NO3/c1-2-19-10-4-8-6-16(11(17)18)5-7(8)3-9(10)12(13,14)15/h3-4H,2,5-6H2,1H3,(H,17,18). The summed E-state index contributed by atoms with van der Waals surface area (Å²) < 4.78 is 43.7. The van der Waals surface area contributed by atoms with E-state index in [-0.39, 0.29) is 25.4 Å². The molecule has 104 valence electrons. The first-order chi connectivity index (χ1) is 8.82. The minimum atomic E-state index is -4.52. The van der Waals surface area contributed by atoms with Crippen molar-refractivity contribution in [2.45, 2.75) is 26.2 Å². The van der Waals surface area contributed by atoms with Crippen molar-refractivity contribution in [2.24, 2.45) is 0 Å². The minimum absolute atomic E-state index is 0.0276. The fourth-order valence-electron chi connectivity index (χ4n) is 2.06. The summed E-state index contributed by atoms with van der Waals surface area (Å²) >= 11 is 0. The zero-order chi connectivity index (χ0) is 14.2. The van der Waals surface area contributed by atoms with Crippen LogP contribution in [0.15, 0.2) is 12.1 Å². The lowest BCUT2D eigenvalue weighted by atomic mass is 10.0. The van der Waals surface area contributed by atoms with Gasteiger partial charge >= 0.3 is 12.3 Å². The number of benzene rings is 1. The van der Waals surface area contributed by atoms with Crippen molar-refractivity contribution in [2.75, 3.05) is 6.61 Å². The molecule has 1 aromatic rings. The van der Waals surface area contributed by atoms with Gasteiger partial charge in [0.15, 0.2) is 0 Å². The second-order valence-corrected chi connectivity index (χ2v) is 4.19. The first-order valence-corrected chi connectivity index (χ1v) is 5.66. The van der Waals surface area contributed by atoms with E-state index in [0.29, 0.717) is 11.1 Å². The molecule has 1 amide bonds. The summed E-state index contributed by atoms with van der Waals surface area (Å²) in [6.45, 7) is 1.77. The lowest BCUT2D eigenvalue weighted by Crippen LogP contribution is -2.22. The van der Waals surface area contributed by atoms with Gasteiger partial charge in [0.1, 0.15) is 5.75 Å². The van der Waals surface area contributed by atoms with Crippen LogP contribution in [-0.2, 0) is 19.3 Å². The Hall–Kier alpha value is -1.92. The van der Waals surface area contributed by atoms with E-state index in [1.54, 1.807) is 6.92 Å². The third-order valence-electron chi connectivity index (χ3n) is 2.90. The first-order valence-electron chi connectivity index (χ1n) is 5.66. The van der Waals surface area contributed by atoms with E-state index in [9.17, 15) is 18.0 Å². The number of carbonyl (C=O) groups is 1. The van der Waals surface area contributed by atoms with Gasteiger partial charge in [0, 0.05) is 13.1 Å². The highest BCUT2D eigenvalue weighted by Crippen LogP contribution is 2.40. The van der Waals surface area contributed by atoms with Crippen LogP contribution >= 0.6 is 0 Å². The van der Waals surface area contributed by atoms with Crippen LogP contribution in [0.3, 0.4) is 0 Å². The van der Waals surface area contributed by atoms with Crippen molar-refractivity contribution in [3.05, 3.63) is 28.8 Å². The predicted molar refractivity (Wildman–Crippen MR) is 59.9 cm³/mol. The van der Waals surface area contributed by atoms with Crippen molar-refractivity contribution in [1.82, 2.24) is 4.90 Å². The molecule has 0 bridgehead atoms. The summed E-state index contributed by atoms with van der Waals surface area (Å²) in [5.41, 5.74) is 0.0670. The van der Waals surface area contributed by atoms with E-state index >= 15 is 0 Å². The maximum Gasteiger partial charge on any atom is 0.419 e. The molecule has 0 radical (unpaired) electrons. The summed E-state index contributed by atoms with van der Waals surface area (Å²) in [5, 5.41) is 8.86. The average molecular weight is 275 g/mol. The fraction of sp³-hybridized carbons (Fsp3) is 0.417. The number of hydrogen-bond donors (Lipinski definition) is 1. The van der Waals surface area contributed by atoms with Crippen LogP contribution in [-0.4, -0.2) is 22.7 Å². The van der Waals surface area contributed by atoms with Gasteiger partial charge in [0.2, 0.25) is 0 Å². The van der Waals surface area contributed by atoms with Gasteiger partial charge in [-0.15, -0.1) is 0 Å². The molecule has 1 aliphatic heterocycles. The van der Waals surface area contributed by atoms with Crippen LogP contribution < -0.4 is 4.74 Å². The van der Waals surface area contributed by atoms with E-state index in [4.69, 9.17) is 9.84 Å². The Kier molecular flexibility index (Phi) is 3.30. The number of alkyl halides is 3. The van der Waals surface area contributed by atoms with Crippen LogP contribution in [0.2, 0.25) is 0 Å². The van der Waals surface area contributed by atoms with Gasteiger partial charge in [-0.3, -0.25) is 4.90 Å². The molecule has 0 saturated carbocycles. The molecule has 0 spiro atoms. The Morgan fingerprint density at radius 2 is 1.95 bits per heavy atom. The fourth-order valence-corrected chi connectivity index (χ4v) is 2.06. The molecule has 0 fully saturated rings. The second-order valence-electron chi connectivity index (χ2n) is 4.19. The molecule has 0 unspecified atom stereocenters. The van der Waals surface area contributed by atoms with E-state index in [0.717, 1.165) is 11.0 Å². The summed E-state index contributed by atoms with van der Waals surface area (Å²) in [6.07, 6.45) is -5.67. The molecule has 2 rings (SSSR count). The van der Waals surface area contributed by atoms with Crippen molar-refractivity contribution in [3.8, 4) is 5.75 Å². The van der Waals surface area contributed by atoms with Crippen molar-refractivity contribution in [3.63, 3.8) is 0 Å². The van der Waals surface area contributed by atoms with Crippen molar-refractivity contribution in [1.29, 1.82) is 0 Å². The van der Waals surface area contributed by atoms with Crippen molar-refractivity contribution >= 4 is 6.09 Å². The zero-order valence-corrected chi connectivity index (χ0v) is 10.1. The third-order valence-corrected chi connectivity index (χ3v) is 2.90. The molecule has 7 heteroatoms. The average Bonchev–Trinajstić information content (AvgIpc) is 2.70. The SMILES string of the molecule is CCOc1cc2c(cc1C(F)(F)F)CN(C(=O)O)C2. The lowest BCUT2D eigenvalue weighted by molar-refractivity contribution is -0.138. The number of ether oxygens (including phenoxy) is 1. The maximum atomic E-state index is 12.9. The van der Waals surface area contributed by atoms with Gasteiger partial charge in [-0.05, 0) is 30.2 Å². The van der Waals surface area contributed by atoms with E-state index in [2.05, 4.69) is 0 Å². The Labute approximate surface area is 107 Å². The Morgan fingerprint density at radius 3 is 2.42 bits per heavy atom. The molecule has 1 N–H and O–H groups in total. The smallest absolute Gasteiger partial charge is 0.419 e. The highest BCUT2D eigenvalue weighted by Gasteiger charge is 2.37. The normalized spacial score (nSPS) is 14.4. The Bertz CT molecular complexity index is 514. The summed E-state index contributed by atoms with van der Waals surface area (Å²) in [5.74, 6) is -0.249. The minimum Gasteiger partial charge on any atom is -0.493 e. The molecule has 0 aliphatic carbocycles. The first kappa shape index (κ1) is 13.5. The molecule has 1 aliphatic rings. The number of fused-ring (bicyclic) bond motifs is 1. The number of nitrogens with zero attached hydrogens (tertiary/aromatic N) is 1. The van der Waals surface area contributed by atoms with Crippen LogP contribution in [0, 0.1) is 0 Å². The van der Waals surface area contributed by atoms with Gasteiger partial charge in [-0.1, -0.05) is 0 Å².